The van der Waals surface area contributed by atoms with Gasteiger partial charge in [0.2, 0.25) is 5.78 Å². The summed E-state index contributed by atoms with van der Waals surface area (Å²) in [6.07, 6.45) is 0.539. The van der Waals surface area contributed by atoms with Gasteiger partial charge in [0, 0.05) is 23.0 Å². The molecule has 0 radical (unpaired) electrons. The lowest BCUT2D eigenvalue weighted by molar-refractivity contribution is -0.143. The van der Waals surface area contributed by atoms with Gasteiger partial charge in [0.05, 0.1) is 11.5 Å². The van der Waals surface area contributed by atoms with Gasteiger partial charge in [-0.1, -0.05) is 60.7 Å². The summed E-state index contributed by atoms with van der Waals surface area (Å²) in [4.78, 5) is 26.0. The van der Waals surface area contributed by atoms with Crippen molar-refractivity contribution >= 4 is 21.6 Å². The zero-order valence-corrected chi connectivity index (χ0v) is 19.5. The van der Waals surface area contributed by atoms with E-state index in [9.17, 15) is 18.0 Å². The summed E-state index contributed by atoms with van der Waals surface area (Å²) in [6.45, 7) is 3.30. The Morgan fingerprint density at radius 1 is 1.00 bits per heavy atom. The van der Waals surface area contributed by atoms with Crippen molar-refractivity contribution in [2.45, 2.75) is 32.2 Å². The van der Waals surface area contributed by atoms with Crippen LogP contribution in [0.2, 0.25) is 0 Å². The fourth-order valence-corrected chi connectivity index (χ4v) is 6.35. The topological polar surface area (TPSA) is 82.4 Å². The molecule has 1 saturated heterocycles. The number of aromatic nitrogens is 1. The van der Waals surface area contributed by atoms with Crippen molar-refractivity contribution in [3.8, 4) is 0 Å². The van der Waals surface area contributed by atoms with E-state index in [1.165, 1.54) is 0 Å². The predicted molar refractivity (Wildman–Crippen MR) is 126 cm³/mol. The highest BCUT2D eigenvalue weighted by Gasteiger charge is 2.32. The van der Waals surface area contributed by atoms with E-state index in [1.54, 1.807) is 6.07 Å². The van der Waals surface area contributed by atoms with E-state index in [1.807, 2.05) is 79.1 Å². The van der Waals surface area contributed by atoms with Crippen LogP contribution in [0.5, 0.6) is 0 Å². The van der Waals surface area contributed by atoms with Gasteiger partial charge in [-0.3, -0.25) is 9.59 Å². The van der Waals surface area contributed by atoms with Crippen LogP contribution in [0.25, 0.3) is 0 Å². The van der Waals surface area contributed by atoms with E-state index >= 15 is 0 Å². The molecule has 2 aromatic carbocycles. The van der Waals surface area contributed by atoms with Crippen LogP contribution >= 0.6 is 0 Å². The van der Waals surface area contributed by atoms with E-state index in [4.69, 9.17) is 4.74 Å². The first-order chi connectivity index (χ1) is 15.8. The molecule has 0 saturated carbocycles. The van der Waals surface area contributed by atoms with E-state index in [0.29, 0.717) is 17.7 Å². The Bertz CT molecular complexity index is 1220. The number of sulfone groups is 1. The van der Waals surface area contributed by atoms with Crippen LogP contribution in [0, 0.1) is 13.8 Å². The second-order valence-electron chi connectivity index (χ2n) is 8.50. The van der Waals surface area contributed by atoms with Crippen molar-refractivity contribution in [2.75, 3.05) is 18.1 Å². The Balaban J connectivity index is 1.51. The highest BCUT2D eigenvalue weighted by molar-refractivity contribution is 7.91. The number of esters is 1. The van der Waals surface area contributed by atoms with E-state index in [0.717, 1.165) is 16.8 Å². The molecule has 1 aromatic heterocycles. The molecular formula is C26H27NO5S. The van der Waals surface area contributed by atoms with Crippen molar-refractivity contribution in [1.29, 1.82) is 0 Å². The molecule has 1 aliphatic rings. The number of ether oxygens (including phenoxy) is 1. The summed E-state index contributed by atoms with van der Waals surface area (Å²) in [5, 5.41) is 0. The van der Waals surface area contributed by atoms with Crippen LogP contribution in [0.15, 0.2) is 66.7 Å². The van der Waals surface area contributed by atoms with Gasteiger partial charge in [-0.25, -0.2) is 8.42 Å². The molecule has 1 unspecified atom stereocenters. The standard InChI is InChI=1S/C26H27NO5S/c1-18-15-23(19(2)27(18)22-13-14-33(30,31)17-22)24(28)16-32-26(29)25(20-9-5-3-6-10-20)21-11-7-4-8-12-21/h3-12,15,22,25H,13-14,16-17H2,1-2H3. The van der Waals surface area contributed by atoms with Crippen LogP contribution < -0.4 is 0 Å². The smallest absolute Gasteiger partial charge is 0.318 e. The summed E-state index contributed by atoms with van der Waals surface area (Å²) < 4.78 is 31.3. The summed E-state index contributed by atoms with van der Waals surface area (Å²) in [5.41, 5.74) is 3.58. The summed E-state index contributed by atoms with van der Waals surface area (Å²) in [6, 6.07) is 20.3. The number of nitrogens with zero attached hydrogens (tertiary/aromatic N) is 1. The van der Waals surface area contributed by atoms with Crippen molar-refractivity contribution in [3.63, 3.8) is 0 Å². The summed E-state index contributed by atoms with van der Waals surface area (Å²) in [7, 11) is -3.05. The Kier molecular flexibility index (Phi) is 6.51. The van der Waals surface area contributed by atoms with Gasteiger partial charge in [-0.05, 0) is 37.5 Å². The largest absolute Gasteiger partial charge is 0.457 e. The molecule has 33 heavy (non-hydrogen) atoms. The molecule has 172 valence electrons. The quantitative estimate of drug-likeness (QED) is 0.389. The lowest BCUT2D eigenvalue weighted by atomic mass is 9.91. The average molecular weight is 466 g/mol. The molecule has 6 nitrogen and oxygen atoms in total. The van der Waals surface area contributed by atoms with E-state index < -0.39 is 21.7 Å². The number of ketones is 1. The van der Waals surface area contributed by atoms with Gasteiger partial charge < -0.3 is 9.30 Å². The fraction of sp³-hybridized carbons (Fsp3) is 0.308. The lowest BCUT2D eigenvalue weighted by Gasteiger charge is -2.17. The highest BCUT2D eigenvalue weighted by atomic mass is 32.2. The van der Waals surface area contributed by atoms with Crippen molar-refractivity contribution in [1.82, 2.24) is 4.57 Å². The fourth-order valence-electron chi connectivity index (χ4n) is 4.65. The van der Waals surface area contributed by atoms with Crippen LogP contribution in [-0.4, -0.2) is 42.9 Å². The zero-order chi connectivity index (χ0) is 23.6. The maximum Gasteiger partial charge on any atom is 0.318 e. The van der Waals surface area contributed by atoms with Gasteiger partial charge in [-0.15, -0.1) is 0 Å². The second kappa shape index (κ2) is 9.35. The number of Topliss-reactive ketones (excluding diaryl/α,β-unsaturated/α-hetero) is 1. The maximum atomic E-state index is 13.1. The third-order valence-electron chi connectivity index (χ3n) is 6.21. The third kappa shape index (κ3) is 4.93. The number of hydrogen-bond acceptors (Lipinski definition) is 5. The number of rotatable bonds is 7. The number of carbonyl (C=O) groups is 2. The number of aryl methyl sites for hydroxylation is 1. The molecule has 1 atom stereocenters. The summed E-state index contributed by atoms with van der Waals surface area (Å²) >= 11 is 0. The Morgan fingerprint density at radius 3 is 2.09 bits per heavy atom. The Labute approximate surface area is 194 Å². The average Bonchev–Trinajstić information content (AvgIpc) is 3.31. The number of carbonyl (C=O) groups excluding carboxylic acids is 2. The van der Waals surface area contributed by atoms with Gasteiger partial charge >= 0.3 is 5.97 Å². The minimum absolute atomic E-state index is 0.0851. The molecule has 7 heteroatoms. The third-order valence-corrected chi connectivity index (χ3v) is 7.96. The Morgan fingerprint density at radius 2 is 1.58 bits per heavy atom. The molecule has 3 aromatic rings. The molecule has 0 bridgehead atoms. The predicted octanol–water partition coefficient (Wildman–Crippen LogP) is 4.02. The van der Waals surface area contributed by atoms with Gasteiger partial charge in [0.15, 0.2) is 16.4 Å². The Hall–Kier alpha value is -3.19. The molecule has 0 aliphatic carbocycles. The molecular weight excluding hydrogens is 438 g/mol. The monoisotopic (exact) mass is 465 g/mol. The first-order valence-corrected chi connectivity index (χ1v) is 12.8. The number of hydrogen-bond donors (Lipinski definition) is 0. The maximum absolute atomic E-state index is 13.1. The lowest BCUT2D eigenvalue weighted by Crippen LogP contribution is -2.21. The number of benzene rings is 2. The molecule has 0 amide bonds. The van der Waals surface area contributed by atoms with Crippen LogP contribution in [0.3, 0.4) is 0 Å². The molecule has 4 rings (SSSR count). The van der Waals surface area contributed by atoms with Crippen molar-refractivity contribution < 1.29 is 22.7 Å². The van der Waals surface area contributed by atoms with Gasteiger partial charge in [0.25, 0.3) is 0 Å². The van der Waals surface area contributed by atoms with Gasteiger partial charge in [-0.2, -0.15) is 0 Å². The highest BCUT2D eigenvalue weighted by Crippen LogP contribution is 2.30. The van der Waals surface area contributed by atoms with E-state index in [-0.39, 0.29) is 29.9 Å². The van der Waals surface area contributed by atoms with Crippen LogP contribution in [-0.2, 0) is 19.4 Å². The van der Waals surface area contributed by atoms with Crippen molar-refractivity contribution in [3.05, 3.63) is 94.8 Å². The molecule has 1 fully saturated rings. The SMILES string of the molecule is Cc1cc(C(=O)COC(=O)C(c2ccccc2)c2ccccc2)c(C)n1C1CCS(=O)(=O)C1. The minimum atomic E-state index is -3.05. The first kappa shape index (κ1) is 23.0. The van der Waals surface area contributed by atoms with Gasteiger partial charge in [0.1, 0.15) is 5.92 Å². The molecule has 2 heterocycles. The molecule has 0 N–H and O–H groups in total. The summed E-state index contributed by atoms with van der Waals surface area (Å²) in [5.74, 6) is -1.17. The van der Waals surface area contributed by atoms with Crippen molar-refractivity contribution in [2.24, 2.45) is 0 Å². The molecule has 1 aliphatic heterocycles. The molecule has 0 spiro atoms. The normalized spacial score (nSPS) is 17.2. The van der Waals surface area contributed by atoms with E-state index in [2.05, 4.69) is 0 Å². The minimum Gasteiger partial charge on any atom is -0.457 e. The zero-order valence-electron chi connectivity index (χ0n) is 18.7. The van der Waals surface area contributed by atoms with Crippen LogP contribution in [0.1, 0.15) is 51.3 Å². The first-order valence-electron chi connectivity index (χ1n) is 11.0. The van der Waals surface area contributed by atoms with Crippen LogP contribution in [0.4, 0.5) is 0 Å². The second-order valence-corrected chi connectivity index (χ2v) is 10.7.